The number of amides is 1. The molecule has 0 unspecified atom stereocenters. The van der Waals surface area contributed by atoms with Gasteiger partial charge in [0, 0.05) is 63.5 Å². The smallest absolute Gasteiger partial charge is 0.224 e. The van der Waals surface area contributed by atoms with Crippen LogP contribution in [0.4, 0.5) is 5.82 Å². The summed E-state index contributed by atoms with van der Waals surface area (Å²) in [6.07, 6.45) is 7.33. The molecule has 0 aliphatic carbocycles. The average Bonchev–Trinajstić information content (AvgIpc) is 3.11. The lowest BCUT2D eigenvalue weighted by molar-refractivity contribution is -0.131. The SMILES string of the molecule is O=C(CCn1cccn1)N1CCc2ncnc(N3CCOCC3)c2CC1. The van der Waals surface area contributed by atoms with E-state index in [0.717, 1.165) is 57.2 Å². The molecule has 0 radical (unpaired) electrons. The summed E-state index contributed by atoms with van der Waals surface area (Å²) >= 11 is 0. The van der Waals surface area contributed by atoms with Gasteiger partial charge in [0.25, 0.3) is 0 Å². The number of rotatable bonds is 4. The van der Waals surface area contributed by atoms with Crippen molar-refractivity contribution in [3.8, 4) is 0 Å². The summed E-state index contributed by atoms with van der Waals surface area (Å²) in [4.78, 5) is 25.9. The fourth-order valence-corrected chi connectivity index (χ4v) is 3.61. The molecule has 0 N–H and O–H groups in total. The summed E-state index contributed by atoms with van der Waals surface area (Å²) in [6, 6.07) is 1.87. The van der Waals surface area contributed by atoms with Gasteiger partial charge in [-0.05, 0) is 12.5 Å². The number of aromatic nitrogens is 4. The van der Waals surface area contributed by atoms with Crippen molar-refractivity contribution in [3.05, 3.63) is 36.0 Å². The molecule has 138 valence electrons. The average molecular weight is 356 g/mol. The van der Waals surface area contributed by atoms with Crippen LogP contribution in [0.25, 0.3) is 0 Å². The monoisotopic (exact) mass is 356 g/mol. The first-order chi connectivity index (χ1) is 12.8. The lowest BCUT2D eigenvalue weighted by atomic mass is 10.1. The first-order valence-corrected chi connectivity index (χ1v) is 9.22. The molecule has 1 amide bonds. The molecule has 0 atom stereocenters. The van der Waals surface area contributed by atoms with Gasteiger partial charge in [-0.1, -0.05) is 0 Å². The van der Waals surface area contributed by atoms with Crippen LogP contribution in [0.15, 0.2) is 24.8 Å². The second-order valence-corrected chi connectivity index (χ2v) is 6.62. The maximum Gasteiger partial charge on any atom is 0.224 e. The van der Waals surface area contributed by atoms with E-state index in [9.17, 15) is 4.79 Å². The number of nitrogens with zero attached hydrogens (tertiary/aromatic N) is 6. The van der Waals surface area contributed by atoms with E-state index in [4.69, 9.17) is 4.74 Å². The molecular weight excluding hydrogens is 332 g/mol. The third-order valence-corrected chi connectivity index (χ3v) is 5.04. The summed E-state index contributed by atoms with van der Waals surface area (Å²) in [5.74, 6) is 1.19. The molecule has 2 aliphatic rings. The molecule has 26 heavy (non-hydrogen) atoms. The van der Waals surface area contributed by atoms with Gasteiger partial charge in [-0.25, -0.2) is 9.97 Å². The zero-order chi connectivity index (χ0) is 17.8. The minimum atomic E-state index is 0.175. The Morgan fingerprint density at radius 3 is 2.77 bits per heavy atom. The number of carbonyl (C=O) groups excluding carboxylic acids is 1. The van der Waals surface area contributed by atoms with Gasteiger partial charge in [-0.3, -0.25) is 9.48 Å². The molecule has 4 rings (SSSR count). The predicted octanol–water partition coefficient (Wildman–Crippen LogP) is 0.527. The number of anilines is 1. The minimum absolute atomic E-state index is 0.175. The number of ether oxygens (including phenoxy) is 1. The van der Waals surface area contributed by atoms with E-state index in [-0.39, 0.29) is 5.91 Å². The maximum atomic E-state index is 12.6. The Labute approximate surface area is 152 Å². The highest BCUT2D eigenvalue weighted by Gasteiger charge is 2.24. The van der Waals surface area contributed by atoms with Gasteiger partial charge < -0.3 is 14.5 Å². The molecule has 0 saturated carbocycles. The van der Waals surface area contributed by atoms with Crippen LogP contribution in [0.2, 0.25) is 0 Å². The second kappa shape index (κ2) is 7.82. The first-order valence-electron chi connectivity index (χ1n) is 9.22. The third-order valence-electron chi connectivity index (χ3n) is 5.04. The molecule has 0 bridgehead atoms. The highest BCUT2D eigenvalue weighted by molar-refractivity contribution is 5.76. The minimum Gasteiger partial charge on any atom is -0.378 e. The van der Waals surface area contributed by atoms with Gasteiger partial charge in [0.05, 0.1) is 18.9 Å². The summed E-state index contributed by atoms with van der Waals surface area (Å²) in [5, 5.41) is 4.16. The van der Waals surface area contributed by atoms with Crippen molar-refractivity contribution in [2.24, 2.45) is 0 Å². The summed E-state index contributed by atoms with van der Waals surface area (Å²) < 4.78 is 7.25. The van der Waals surface area contributed by atoms with Gasteiger partial charge in [0.2, 0.25) is 5.91 Å². The molecule has 8 heteroatoms. The van der Waals surface area contributed by atoms with Crippen LogP contribution < -0.4 is 4.90 Å². The Bertz CT molecular complexity index is 742. The molecule has 2 aromatic heterocycles. The molecule has 0 aromatic carbocycles. The van der Waals surface area contributed by atoms with Crippen LogP contribution in [-0.4, -0.2) is 69.9 Å². The van der Waals surface area contributed by atoms with Crippen LogP contribution in [-0.2, 0) is 28.9 Å². The van der Waals surface area contributed by atoms with Crippen molar-refractivity contribution in [2.45, 2.75) is 25.8 Å². The van der Waals surface area contributed by atoms with Gasteiger partial charge in [-0.2, -0.15) is 5.10 Å². The fourth-order valence-electron chi connectivity index (χ4n) is 3.61. The van der Waals surface area contributed by atoms with E-state index >= 15 is 0 Å². The first kappa shape index (κ1) is 17.0. The Morgan fingerprint density at radius 1 is 1.12 bits per heavy atom. The standard InChI is InChI=1S/C18H24N6O2/c25-17(4-9-24-6-1-5-21-24)22-7-2-15-16(3-8-22)19-14-20-18(15)23-10-12-26-13-11-23/h1,5-6,14H,2-4,7-13H2. The molecule has 8 nitrogen and oxygen atoms in total. The van der Waals surface area contributed by atoms with Gasteiger partial charge >= 0.3 is 0 Å². The van der Waals surface area contributed by atoms with Crippen LogP contribution in [0.5, 0.6) is 0 Å². The number of hydrogen-bond acceptors (Lipinski definition) is 6. The number of hydrogen-bond donors (Lipinski definition) is 0. The fraction of sp³-hybridized carbons (Fsp3) is 0.556. The second-order valence-electron chi connectivity index (χ2n) is 6.62. The Morgan fingerprint density at radius 2 is 1.96 bits per heavy atom. The molecule has 1 fully saturated rings. The lowest BCUT2D eigenvalue weighted by Gasteiger charge is -2.29. The number of morpholine rings is 1. The Hall–Kier alpha value is -2.48. The van der Waals surface area contributed by atoms with Crippen molar-refractivity contribution in [1.82, 2.24) is 24.6 Å². The number of aryl methyl sites for hydroxylation is 1. The largest absolute Gasteiger partial charge is 0.378 e. The van der Waals surface area contributed by atoms with Gasteiger partial charge in [0.15, 0.2) is 0 Å². The molecular formula is C18H24N6O2. The van der Waals surface area contributed by atoms with Crippen molar-refractivity contribution in [3.63, 3.8) is 0 Å². The highest BCUT2D eigenvalue weighted by atomic mass is 16.5. The van der Waals surface area contributed by atoms with E-state index in [1.807, 2.05) is 17.2 Å². The number of carbonyl (C=O) groups is 1. The number of fused-ring (bicyclic) bond motifs is 1. The van der Waals surface area contributed by atoms with Crippen LogP contribution in [0.1, 0.15) is 17.7 Å². The molecule has 2 aliphatic heterocycles. The zero-order valence-corrected chi connectivity index (χ0v) is 14.9. The van der Waals surface area contributed by atoms with Crippen molar-refractivity contribution in [2.75, 3.05) is 44.3 Å². The quantitative estimate of drug-likeness (QED) is 0.795. The van der Waals surface area contributed by atoms with E-state index in [1.165, 1.54) is 5.56 Å². The van der Waals surface area contributed by atoms with Gasteiger partial charge in [0.1, 0.15) is 12.1 Å². The van der Waals surface area contributed by atoms with Crippen molar-refractivity contribution in [1.29, 1.82) is 0 Å². The maximum absolute atomic E-state index is 12.6. The summed E-state index contributed by atoms with van der Waals surface area (Å²) in [7, 11) is 0. The third kappa shape index (κ3) is 3.70. The lowest BCUT2D eigenvalue weighted by Crippen LogP contribution is -2.37. The van der Waals surface area contributed by atoms with Crippen LogP contribution in [0, 0.1) is 0 Å². The van der Waals surface area contributed by atoms with Crippen LogP contribution in [0.3, 0.4) is 0 Å². The van der Waals surface area contributed by atoms with E-state index in [0.29, 0.717) is 19.5 Å². The van der Waals surface area contributed by atoms with Gasteiger partial charge in [-0.15, -0.1) is 0 Å². The Kier molecular flexibility index (Phi) is 5.10. The van der Waals surface area contributed by atoms with Crippen molar-refractivity contribution < 1.29 is 9.53 Å². The Balaban J connectivity index is 1.42. The van der Waals surface area contributed by atoms with E-state index in [2.05, 4.69) is 20.0 Å². The zero-order valence-electron chi connectivity index (χ0n) is 14.9. The molecule has 2 aromatic rings. The summed E-state index contributed by atoms with van der Waals surface area (Å²) in [6.45, 7) is 5.23. The molecule has 1 saturated heterocycles. The van der Waals surface area contributed by atoms with Crippen LogP contribution >= 0.6 is 0 Å². The van der Waals surface area contributed by atoms with E-state index < -0.39 is 0 Å². The molecule has 4 heterocycles. The summed E-state index contributed by atoms with van der Waals surface area (Å²) in [5.41, 5.74) is 2.26. The van der Waals surface area contributed by atoms with Crippen molar-refractivity contribution >= 4 is 11.7 Å². The normalized spacial score (nSPS) is 17.7. The molecule has 0 spiro atoms. The van der Waals surface area contributed by atoms with E-state index in [1.54, 1.807) is 17.2 Å². The topological polar surface area (TPSA) is 76.4 Å². The highest BCUT2D eigenvalue weighted by Crippen LogP contribution is 2.24. The predicted molar refractivity (Wildman–Crippen MR) is 95.9 cm³/mol.